The number of piperidine rings is 1. The molecule has 1 amide bonds. The van der Waals surface area contributed by atoms with E-state index in [4.69, 9.17) is 14.2 Å². The second-order valence-corrected chi connectivity index (χ2v) is 7.83. The lowest BCUT2D eigenvalue weighted by molar-refractivity contribution is -0.120. The van der Waals surface area contributed by atoms with E-state index in [9.17, 15) is 4.79 Å². The summed E-state index contributed by atoms with van der Waals surface area (Å²) in [7, 11) is 4.80. The van der Waals surface area contributed by atoms with E-state index in [1.165, 1.54) is 0 Å². The highest BCUT2D eigenvalue weighted by Crippen LogP contribution is 2.31. The summed E-state index contributed by atoms with van der Waals surface area (Å²) in [6.07, 6.45) is 3.31. The number of hydrogen-bond donors (Lipinski definition) is 1. The summed E-state index contributed by atoms with van der Waals surface area (Å²) in [5, 5.41) is 3.01. The quantitative estimate of drug-likeness (QED) is 0.584. The van der Waals surface area contributed by atoms with E-state index < -0.39 is 0 Å². The van der Waals surface area contributed by atoms with Crippen LogP contribution in [0.3, 0.4) is 0 Å². The number of carbonyl (C=O) groups excluding carboxylic acids is 1. The van der Waals surface area contributed by atoms with E-state index in [2.05, 4.69) is 20.2 Å². The van der Waals surface area contributed by atoms with E-state index in [0.29, 0.717) is 23.7 Å². The van der Waals surface area contributed by atoms with Gasteiger partial charge in [-0.25, -0.2) is 9.97 Å². The summed E-state index contributed by atoms with van der Waals surface area (Å²) in [4.78, 5) is 24.0. The van der Waals surface area contributed by atoms with Crippen molar-refractivity contribution in [3.63, 3.8) is 0 Å². The van der Waals surface area contributed by atoms with Gasteiger partial charge in [0.2, 0.25) is 5.91 Å². The van der Waals surface area contributed by atoms with Crippen molar-refractivity contribution in [1.82, 2.24) is 9.97 Å². The zero-order valence-electron chi connectivity index (χ0n) is 19.1. The maximum Gasteiger partial charge on any atom is 0.229 e. The lowest BCUT2D eigenvalue weighted by Gasteiger charge is -2.33. The molecule has 2 aromatic carbocycles. The Balaban J connectivity index is 1.45. The second kappa shape index (κ2) is 10.2. The first-order chi connectivity index (χ1) is 16.1. The van der Waals surface area contributed by atoms with E-state index >= 15 is 0 Å². The van der Waals surface area contributed by atoms with Crippen molar-refractivity contribution in [2.24, 2.45) is 5.92 Å². The van der Waals surface area contributed by atoms with Gasteiger partial charge in [-0.2, -0.15) is 0 Å². The van der Waals surface area contributed by atoms with E-state index in [0.717, 1.165) is 42.2 Å². The monoisotopic (exact) mass is 448 g/mol. The van der Waals surface area contributed by atoms with Crippen molar-refractivity contribution in [2.75, 3.05) is 44.6 Å². The topological polar surface area (TPSA) is 85.8 Å². The number of anilines is 2. The first-order valence-electron chi connectivity index (χ1n) is 10.9. The first-order valence-corrected chi connectivity index (χ1v) is 10.9. The predicted molar refractivity (Wildman–Crippen MR) is 127 cm³/mol. The average Bonchev–Trinajstić information content (AvgIpc) is 2.88. The van der Waals surface area contributed by atoms with Crippen molar-refractivity contribution in [2.45, 2.75) is 12.8 Å². The van der Waals surface area contributed by atoms with Gasteiger partial charge in [0.15, 0.2) is 11.5 Å². The molecule has 172 valence electrons. The Kier molecular flexibility index (Phi) is 6.92. The third-order valence-corrected chi connectivity index (χ3v) is 5.81. The Bertz CT molecular complexity index is 1100. The van der Waals surface area contributed by atoms with Gasteiger partial charge in [-0.05, 0) is 49.2 Å². The molecular weight excluding hydrogens is 420 g/mol. The van der Waals surface area contributed by atoms with Crippen LogP contribution in [0.4, 0.5) is 11.5 Å². The van der Waals surface area contributed by atoms with Crippen LogP contribution in [0, 0.1) is 5.92 Å². The highest BCUT2D eigenvalue weighted by molar-refractivity contribution is 5.93. The Labute approximate surface area is 193 Å². The molecule has 1 aromatic heterocycles. The van der Waals surface area contributed by atoms with Gasteiger partial charge in [-0.15, -0.1) is 0 Å². The number of nitrogens with zero attached hydrogens (tertiary/aromatic N) is 3. The van der Waals surface area contributed by atoms with Crippen molar-refractivity contribution in [1.29, 1.82) is 0 Å². The molecule has 0 bridgehead atoms. The lowest BCUT2D eigenvalue weighted by Crippen LogP contribution is -2.41. The fraction of sp³-hybridized carbons (Fsp3) is 0.320. The molecule has 1 unspecified atom stereocenters. The van der Waals surface area contributed by atoms with Crippen molar-refractivity contribution in [3.05, 3.63) is 54.9 Å². The van der Waals surface area contributed by atoms with Crippen molar-refractivity contribution < 1.29 is 19.0 Å². The summed E-state index contributed by atoms with van der Waals surface area (Å²) < 4.78 is 15.8. The van der Waals surface area contributed by atoms with Gasteiger partial charge in [0.05, 0.1) is 32.9 Å². The van der Waals surface area contributed by atoms with Gasteiger partial charge in [0.25, 0.3) is 0 Å². The third kappa shape index (κ3) is 5.16. The zero-order valence-corrected chi connectivity index (χ0v) is 19.1. The van der Waals surface area contributed by atoms with Crippen LogP contribution in [0.5, 0.6) is 17.2 Å². The van der Waals surface area contributed by atoms with Crippen LogP contribution in [-0.2, 0) is 4.79 Å². The van der Waals surface area contributed by atoms with Gasteiger partial charge in [-0.1, -0.05) is 0 Å². The fourth-order valence-electron chi connectivity index (χ4n) is 4.00. The number of aromatic nitrogens is 2. The molecule has 8 heteroatoms. The molecule has 0 aliphatic carbocycles. The molecule has 0 radical (unpaired) electrons. The normalized spacial score (nSPS) is 15.6. The smallest absolute Gasteiger partial charge is 0.229 e. The number of hydrogen-bond acceptors (Lipinski definition) is 7. The third-order valence-electron chi connectivity index (χ3n) is 5.81. The Morgan fingerprint density at radius 3 is 2.48 bits per heavy atom. The maximum absolute atomic E-state index is 13.0. The van der Waals surface area contributed by atoms with Gasteiger partial charge in [0, 0.05) is 36.5 Å². The molecule has 0 saturated carbocycles. The number of benzene rings is 2. The molecule has 1 fully saturated rings. The molecule has 1 aliphatic heterocycles. The second-order valence-electron chi connectivity index (χ2n) is 7.83. The molecule has 1 N–H and O–H groups in total. The minimum Gasteiger partial charge on any atom is -0.497 e. The number of amides is 1. The van der Waals surface area contributed by atoms with Crippen LogP contribution >= 0.6 is 0 Å². The number of rotatable bonds is 7. The molecule has 1 aliphatic rings. The van der Waals surface area contributed by atoms with Crippen molar-refractivity contribution >= 4 is 17.4 Å². The summed E-state index contributed by atoms with van der Waals surface area (Å²) >= 11 is 0. The Morgan fingerprint density at radius 1 is 0.970 bits per heavy atom. The van der Waals surface area contributed by atoms with Crippen LogP contribution in [0.1, 0.15) is 12.8 Å². The summed E-state index contributed by atoms with van der Waals surface area (Å²) in [5.41, 5.74) is 2.50. The van der Waals surface area contributed by atoms with Crippen LogP contribution in [0.25, 0.3) is 11.3 Å². The number of carbonyl (C=O) groups is 1. The molecule has 8 nitrogen and oxygen atoms in total. The minimum absolute atomic E-state index is 0.0173. The number of ether oxygens (including phenoxy) is 3. The van der Waals surface area contributed by atoms with Crippen LogP contribution in [0.2, 0.25) is 0 Å². The highest BCUT2D eigenvalue weighted by Gasteiger charge is 2.27. The van der Waals surface area contributed by atoms with Crippen LogP contribution in [-0.4, -0.2) is 50.3 Å². The van der Waals surface area contributed by atoms with E-state index in [1.807, 2.05) is 36.4 Å². The summed E-state index contributed by atoms with van der Waals surface area (Å²) in [6, 6.07) is 15.1. The van der Waals surface area contributed by atoms with Gasteiger partial charge < -0.3 is 24.4 Å². The van der Waals surface area contributed by atoms with Gasteiger partial charge in [-0.3, -0.25) is 4.79 Å². The van der Waals surface area contributed by atoms with Crippen LogP contribution < -0.4 is 24.4 Å². The lowest BCUT2D eigenvalue weighted by atomic mass is 9.97. The Morgan fingerprint density at radius 2 is 1.76 bits per heavy atom. The Hall–Kier alpha value is -3.81. The number of methoxy groups -OCH3 is 3. The van der Waals surface area contributed by atoms with Crippen molar-refractivity contribution in [3.8, 4) is 28.5 Å². The fourth-order valence-corrected chi connectivity index (χ4v) is 4.00. The molecule has 4 rings (SSSR count). The SMILES string of the molecule is COc1ccc(-c2cc(N3CCCC(C(=O)Nc4ccc(OC)c(OC)c4)C3)ncn2)cc1. The zero-order chi connectivity index (χ0) is 23.2. The highest BCUT2D eigenvalue weighted by atomic mass is 16.5. The molecular formula is C25H28N4O4. The standard InChI is InChI=1S/C25H28N4O4/c1-31-20-9-6-17(7-10-20)21-14-24(27-16-26-21)29-12-4-5-18(15-29)25(30)28-19-8-11-22(32-2)23(13-19)33-3/h6-11,13-14,16,18H,4-5,12,15H2,1-3H3,(H,28,30). The van der Waals surface area contributed by atoms with E-state index in [-0.39, 0.29) is 11.8 Å². The summed E-state index contributed by atoms with van der Waals surface area (Å²) in [6.45, 7) is 1.44. The first kappa shape index (κ1) is 22.4. The number of nitrogens with one attached hydrogen (secondary N) is 1. The van der Waals surface area contributed by atoms with Crippen LogP contribution in [0.15, 0.2) is 54.9 Å². The molecule has 3 aromatic rings. The minimum atomic E-state index is -0.147. The molecule has 1 saturated heterocycles. The largest absolute Gasteiger partial charge is 0.497 e. The predicted octanol–water partition coefficient (Wildman–Crippen LogP) is 4.02. The average molecular weight is 449 g/mol. The van der Waals surface area contributed by atoms with Gasteiger partial charge in [0.1, 0.15) is 17.9 Å². The summed E-state index contributed by atoms with van der Waals surface area (Å²) in [5.74, 6) is 2.65. The van der Waals surface area contributed by atoms with Gasteiger partial charge >= 0.3 is 0 Å². The maximum atomic E-state index is 13.0. The molecule has 1 atom stereocenters. The molecule has 2 heterocycles. The van der Waals surface area contributed by atoms with E-state index in [1.54, 1.807) is 39.8 Å². The molecule has 0 spiro atoms. The molecule has 33 heavy (non-hydrogen) atoms.